The minimum Gasteiger partial charge on any atom is -0.497 e. The molecule has 2 N–H and O–H groups in total. The Morgan fingerprint density at radius 1 is 1.24 bits per heavy atom. The summed E-state index contributed by atoms with van der Waals surface area (Å²) in [6.45, 7) is -1.28. The third kappa shape index (κ3) is 6.15. The molecule has 0 radical (unpaired) electrons. The predicted octanol–water partition coefficient (Wildman–Crippen LogP) is 2.71. The van der Waals surface area contributed by atoms with Gasteiger partial charge in [-0.25, -0.2) is 0 Å². The molecule has 0 atom stereocenters. The molecule has 1 aliphatic heterocycles. The fraction of sp³-hybridized carbons (Fsp3) is 0.500. The van der Waals surface area contributed by atoms with Crippen molar-refractivity contribution < 1.29 is 18.3 Å². The van der Waals surface area contributed by atoms with Gasteiger partial charge in [0.25, 0.3) is 0 Å². The molecular formula is C18H25F2IN6O2. The smallest absolute Gasteiger partial charge is 0.387 e. The number of guanidine groups is 1. The Morgan fingerprint density at radius 2 is 2.03 bits per heavy atom. The average Bonchev–Trinajstić information content (AvgIpc) is 3.12. The third-order valence-electron chi connectivity index (χ3n) is 4.50. The number of aryl methyl sites for hydroxylation is 1. The fourth-order valence-corrected chi connectivity index (χ4v) is 3.09. The number of rotatable bonds is 7. The van der Waals surface area contributed by atoms with E-state index in [0.717, 1.165) is 37.5 Å². The zero-order chi connectivity index (χ0) is 19.9. The summed E-state index contributed by atoms with van der Waals surface area (Å²) < 4.78 is 37.1. The number of hydrogen-bond acceptors (Lipinski definition) is 5. The van der Waals surface area contributed by atoms with E-state index < -0.39 is 6.61 Å². The topological polar surface area (TPSA) is 85.6 Å². The van der Waals surface area contributed by atoms with Crippen molar-refractivity contribution in [1.82, 2.24) is 25.4 Å². The van der Waals surface area contributed by atoms with E-state index in [9.17, 15) is 8.78 Å². The number of hydrogen-bond donors (Lipinski definition) is 2. The zero-order valence-corrected chi connectivity index (χ0v) is 18.7. The molecule has 0 fully saturated rings. The highest BCUT2D eigenvalue weighted by molar-refractivity contribution is 14.0. The number of nitrogens with zero attached hydrogens (tertiary/aromatic N) is 4. The van der Waals surface area contributed by atoms with Crippen molar-refractivity contribution >= 4 is 29.9 Å². The number of aromatic nitrogens is 3. The third-order valence-corrected chi connectivity index (χ3v) is 4.50. The maximum atomic E-state index is 12.6. The lowest BCUT2D eigenvalue weighted by Gasteiger charge is -2.17. The first-order chi connectivity index (χ1) is 13.6. The van der Waals surface area contributed by atoms with E-state index >= 15 is 0 Å². The minimum atomic E-state index is -2.90. The molecule has 0 bridgehead atoms. The minimum absolute atomic E-state index is 0. The predicted molar refractivity (Wildman–Crippen MR) is 115 cm³/mol. The molecule has 2 heterocycles. The summed E-state index contributed by atoms with van der Waals surface area (Å²) in [5.74, 6) is 3.01. The van der Waals surface area contributed by atoms with Gasteiger partial charge in [-0.2, -0.15) is 8.78 Å². The van der Waals surface area contributed by atoms with Crippen molar-refractivity contribution in [3.63, 3.8) is 0 Å². The van der Waals surface area contributed by atoms with Gasteiger partial charge in [0.1, 0.15) is 17.3 Å². The fourth-order valence-electron chi connectivity index (χ4n) is 3.09. The molecule has 0 saturated carbocycles. The molecule has 1 aromatic heterocycles. The van der Waals surface area contributed by atoms with E-state index in [-0.39, 0.29) is 36.3 Å². The number of ether oxygens (including phenoxy) is 2. The van der Waals surface area contributed by atoms with Crippen LogP contribution >= 0.6 is 24.0 Å². The second-order valence-corrected chi connectivity index (χ2v) is 6.27. The van der Waals surface area contributed by atoms with E-state index in [0.29, 0.717) is 23.8 Å². The standard InChI is InChI=1S/C18H24F2N6O2.HI/c1-21-18(23-11-16-25-24-15-5-3-4-8-26(15)16)22-10-12-9-13(27-2)6-7-14(12)28-17(19)20;/h6-7,9,17H,3-5,8,10-11H2,1-2H3,(H2,21,22,23);1H. The van der Waals surface area contributed by atoms with Gasteiger partial charge >= 0.3 is 6.61 Å². The monoisotopic (exact) mass is 522 g/mol. The molecule has 0 unspecified atom stereocenters. The lowest BCUT2D eigenvalue weighted by atomic mass is 10.2. The molecule has 1 aromatic carbocycles. The van der Waals surface area contributed by atoms with E-state index in [1.165, 1.54) is 13.2 Å². The summed E-state index contributed by atoms with van der Waals surface area (Å²) in [6.07, 6.45) is 3.20. The van der Waals surface area contributed by atoms with Crippen LogP contribution in [0.1, 0.15) is 30.1 Å². The van der Waals surface area contributed by atoms with Crippen molar-refractivity contribution in [3.8, 4) is 11.5 Å². The molecule has 1 aliphatic rings. The summed E-state index contributed by atoms with van der Waals surface area (Å²) in [4.78, 5) is 4.16. The maximum absolute atomic E-state index is 12.6. The molecule has 0 spiro atoms. The Labute approximate surface area is 185 Å². The normalized spacial score (nSPS) is 13.5. The number of aliphatic imine (C=N–C) groups is 1. The van der Waals surface area contributed by atoms with E-state index in [1.807, 2.05) is 0 Å². The number of nitrogens with one attached hydrogen (secondary N) is 2. The van der Waals surface area contributed by atoms with Crippen LogP contribution in [0.4, 0.5) is 8.78 Å². The highest BCUT2D eigenvalue weighted by atomic mass is 127. The van der Waals surface area contributed by atoms with Crippen molar-refractivity contribution in [1.29, 1.82) is 0 Å². The first-order valence-electron chi connectivity index (χ1n) is 9.08. The van der Waals surface area contributed by atoms with Crippen LogP contribution in [0.15, 0.2) is 23.2 Å². The number of methoxy groups -OCH3 is 1. The van der Waals surface area contributed by atoms with Crippen LogP contribution in [-0.2, 0) is 26.1 Å². The quantitative estimate of drug-likeness (QED) is 0.331. The van der Waals surface area contributed by atoms with Gasteiger partial charge in [-0.1, -0.05) is 0 Å². The summed E-state index contributed by atoms with van der Waals surface area (Å²) in [6, 6.07) is 4.68. The summed E-state index contributed by atoms with van der Waals surface area (Å²) in [5.41, 5.74) is 0.530. The summed E-state index contributed by atoms with van der Waals surface area (Å²) in [5, 5.41) is 14.7. The van der Waals surface area contributed by atoms with Gasteiger partial charge in [-0.3, -0.25) is 4.99 Å². The Hall–Kier alpha value is -2.18. The molecule has 2 aromatic rings. The molecular weight excluding hydrogens is 497 g/mol. The van der Waals surface area contributed by atoms with Gasteiger partial charge < -0.3 is 24.7 Å². The van der Waals surface area contributed by atoms with Crippen LogP contribution in [0, 0.1) is 0 Å². The number of benzene rings is 1. The highest BCUT2D eigenvalue weighted by Crippen LogP contribution is 2.25. The number of alkyl halides is 2. The molecule has 0 amide bonds. The molecule has 160 valence electrons. The maximum Gasteiger partial charge on any atom is 0.387 e. The van der Waals surface area contributed by atoms with Gasteiger partial charge in [-0.05, 0) is 31.0 Å². The van der Waals surface area contributed by atoms with Crippen LogP contribution in [0.3, 0.4) is 0 Å². The van der Waals surface area contributed by atoms with Gasteiger partial charge in [0.15, 0.2) is 11.8 Å². The molecule has 3 rings (SSSR count). The van der Waals surface area contributed by atoms with Crippen LogP contribution in [0.5, 0.6) is 11.5 Å². The largest absolute Gasteiger partial charge is 0.497 e. The molecule has 0 aliphatic carbocycles. The summed E-state index contributed by atoms with van der Waals surface area (Å²) >= 11 is 0. The average molecular weight is 522 g/mol. The van der Waals surface area contributed by atoms with E-state index in [1.54, 1.807) is 19.2 Å². The van der Waals surface area contributed by atoms with Crippen LogP contribution in [0.2, 0.25) is 0 Å². The van der Waals surface area contributed by atoms with Crippen molar-refractivity contribution in [2.45, 2.75) is 45.5 Å². The lowest BCUT2D eigenvalue weighted by molar-refractivity contribution is -0.0504. The first kappa shape index (κ1) is 23.1. The second-order valence-electron chi connectivity index (χ2n) is 6.27. The molecule has 29 heavy (non-hydrogen) atoms. The van der Waals surface area contributed by atoms with Gasteiger partial charge in [0.2, 0.25) is 0 Å². The SMILES string of the molecule is CN=C(NCc1cc(OC)ccc1OC(F)F)NCc1nnc2n1CCCC2.I. The lowest BCUT2D eigenvalue weighted by Crippen LogP contribution is -2.37. The van der Waals surface area contributed by atoms with Gasteiger partial charge in [0.05, 0.1) is 13.7 Å². The van der Waals surface area contributed by atoms with Crippen LogP contribution in [-0.4, -0.2) is 41.5 Å². The zero-order valence-electron chi connectivity index (χ0n) is 16.3. The Balaban J connectivity index is 0.00000300. The highest BCUT2D eigenvalue weighted by Gasteiger charge is 2.16. The Bertz CT molecular complexity index is 831. The van der Waals surface area contributed by atoms with Crippen molar-refractivity contribution in [2.75, 3.05) is 14.2 Å². The van der Waals surface area contributed by atoms with Crippen LogP contribution in [0.25, 0.3) is 0 Å². The number of halogens is 3. The van der Waals surface area contributed by atoms with Crippen molar-refractivity contribution in [3.05, 3.63) is 35.4 Å². The van der Waals surface area contributed by atoms with Gasteiger partial charge in [-0.15, -0.1) is 34.2 Å². The Kier molecular flexibility index (Phi) is 8.86. The van der Waals surface area contributed by atoms with Crippen molar-refractivity contribution in [2.24, 2.45) is 4.99 Å². The Morgan fingerprint density at radius 3 is 2.76 bits per heavy atom. The number of fused-ring (bicyclic) bond motifs is 1. The van der Waals surface area contributed by atoms with E-state index in [4.69, 9.17) is 4.74 Å². The molecule has 0 saturated heterocycles. The van der Waals surface area contributed by atoms with Crippen LogP contribution < -0.4 is 20.1 Å². The van der Waals surface area contributed by atoms with E-state index in [2.05, 4.69) is 35.1 Å². The second kappa shape index (κ2) is 11.1. The van der Waals surface area contributed by atoms with Gasteiger partial charge in [0, 0.05) is 32.1 Å². The molecule has 11 heteroatoms. The first-order valence-corrected chi connectivity index (χ1v) is 9.08. The molecule has 8 nitrogen and oxygen atoms in total. The summed E-state index contributed by atoms with van der Waals surface area (Å²) in [7, 11) is 3.15.